The number of hydrogen-bond acceptors (Lipinski definition) is 4. The van der Waals surface area contributed by atoms with Crippen molar-refractivity contribution in [3.8, 4) is 22.9 Å². The fraction of sp³-hybridized carbons (Fsp3) is 0.273. The summed E-state index contributed by atoms with van der Waals surface area (Å²) >= 11 is 1.55. The lowest BCUT2D eigenvalue weighted by Gasteiger charge is -2.26. The lowest BCUT2D eigenvalue weighted by molar-refractivity contribution is 0.192. The first-order valence-electron chi connectivity index (χ1n) is 9.41. The van der Waals surface area contributed by atoms with Gasteiger partial charge in [-0.2, -0.15) is 0 Å². The summed E-state index contributed by atoms with van der Waals surface area (Å²) in [5.41, 5.74) is 1.88. The number of halogens is 1. The summed E-state index contributed by atoms with van der Waals surface area (Å²) in [6, 6.07) is 9.57. The molecule has 3 aromatic rings. The third-order valence-electron chi connectivity index (χ3n) is 4.84. The van der Waals surface area contributed by atoms with Gasteiger partial charge in [0, 0.05) is 5.56 Å². The lowest BCUT2D eigenvalue weighted by Crippen LogP contribution is -2.42. The number of thiazole rings is 1. The summed E-state index contributed by atoms with van der Waals surface area (Å²) in [6.07, 6.45) is 9.68. The molecule has 0 bridgehead atoms. The summed E-state index contributed by atoms with van der Waals surface area (Å²) < 4.78 is 18.6. The van der Waals surface area contributed by atoms with Crippen LogP contribution in [0.25, 0.3) is 10.6 Å². The molecular formula is C22H20FN3O2S. The normalized spacial score (nSPS) is 15.4. The highest BCUT2D eigenvalue weighted by Gasteiger charge is 2.28. The van der Waals surface area contributed by atoms with E-state index >= 15 is 0 Å². The van der Waals surface area contributed by atoms with Crippen LogP contribution >= 0.6 is 11.3 Å². The number of furan rings is 1. The van der Waals surface area contributed by atoms with Crippen LogP contribution < -0.4 is 5.32 Å². The maximum atomic E-state index is 13.2. The topological polar surface area (TPSA) is 58.4 Å². The molecule has 4 rings (SSSR count). The van der Waals surface area contributed by atoms with Gasteiger partial charge in [0.05, 0.1) is 36.0 Å². The number of benzene rings is 1. The maximum Gasteiger partial charge on any atom is 0.319 e. The van der Waals surface area contributed by atoms with E-state index in [1.165, 1.54) is 12.1 Å². The second-order valence-electron chi connectivity index (χ2n) is 6.87. The molecule has 2 heterocycles. The zero-order valence-electron chi connectivity index (χ0n) is 15.7. The van der Waals surface area contributed by atoms with Crippen LogP contribution in [0.3, 0.4) is 0 Å². The number of carbonyl (C=O) groups excluding carboxylic acids is 1. The fourth-order valence-corrected chi connectivity index (χ4v) is 4.62. The Morgan fingerprint density at radius 3 is 2.93 bits per heavy atom. The Morgan fingerprint density at radius 2 is 2.21 bits per heavy atom. The molecule has 1 aromatic carbocycles. The van der Waals surface area contributed by atoms with Crippen LogP contribution in [0, 0.1) is 18.2 Å². The van der Waals surface area contributed by atoms with Crippen molar-refractivity contribution in [3.63, 3.8) is 0 Å². The van der Waals surface area contributed by atoms with E-state index in [-0.39, 0.29) is 24.4 Å². The predicted octanol–water partition coefficient (Wildman–Crippen LogP) is 4.76. The fourth-order valence-electron chi connectivity index (χ4n) is 3.41. The van der Waals surface area contributed by atoms with Gasteiger partial charge in [0.15, 0.2) is 0 Å². The van der Waals surface area contributed by atoms with Crippen molar-refractivity contribution in [1.29, 1.82) is 0 Å². The molecule has 5 nitrogen and oxygen atoms in total. The highest BCUT2D eigenvalue weighted by atomic mass is 32.1. The SMILES string of the molecule is C#CCN(Cc1ccco1)C(=O)NC1CCCc2nc(-c3ccc(F)cc3)sc21. The molecule has 1 unspecified atom stereocenters. The maximum absolute atomic E-state index is 13.2. The van der Waals surface area contributed by atoms with E-state index < -0.39 is 0 Å². The van der Waals surface area contributed by atoms with Crippen LogP contribution in [-0.2, 0) is 13.0 Å². The van der Waals surface area contributed by atoms with Gasteiger partial charge in [-0.1, -0.05) is 5.92 Å². The van der Waals surface area contributed by atoms with Crippen LogP contribution in [0.15, 0.2) is 47.1 Å². The molecular weight excluding hydrogens is 389 g/mol. The number of aromatic nitrogens is 1. The van der Waals surface area contributed by atoms with E-state index in [0.717, 1.165) is 40.4 Å². The molecule has 0 radical (unpaired) electrons. The summed E-state index contributed by atoms with van der Waals surface area (Å²) in [7, 11) is 0. The molecule has 1 atom stereocenters. The Morgan fingerprint density at radius 1 is 1.38 bits per heavy atom. The average molecular weight is 409 g/mol. The van der Waals surface area contributed by atoms with Crippen molar-refractivity contribution < 1.29 is 13.6 Å². The molecule has 0 saturated heterocycles. The van der Waals surface area contributed by atoms with Crippen molar-refractivity contribution in [3.05, 3.63) is 64.8 Å². The third kappa shape index (κ3) is 4.33. The highest BCUT2D eigenvalue weighted by molar-refractivity contribution is 7.15. The van der Waals surface area contributed by atoms with Crippen LogP contribution in [0.5, 0.6) is 0 Å². The molecule has 0 aliphatic heterocycles. The van der Waals surface area contributed by atoms with Gasteiger partial charge in [0.2, 0.25) is 0 Å². The minimum Gasteiger partial charge on any atom is -0.467 e. The van der Waals surface area contributed by atoms with Crippen LogP contribution in [0.2, 0.25) is 0 Å². The second kappa shape index (κ2) is 8.50. The number of urea groups is 1. The van der Waals surface area contributed by atoms with Gasteiger partial charge < -0.3 is 14.6 Å². The van der Waals surface area contributed by atoms with E-state index in [0.29, 0.717) is 12.3 Å². The second-order valence-corrected chi connectivity index (χ2v) is 7.90. The molecule has 0 saturated carbocycles. The summed E-state index contributed by atoms with van der Waals surface area (Å²) in [6.45, 7) is 0.502. The first-order valence-corrected chi connectivity index (χ1v) is 10.2. The summed E-state index contributed by atoms with van der Waals surface area (Å²) in [4.78, 5) is 20.2. The zero-order valence-corrected chi connectivity index (χ0v) is 16.5. The molecule has 148 valence electrons. The number of terminal acetylenes is 1. The van der Waals surface area contributed by atoms with Crippen molar-refractivity contribution in [1.82, 2.24) is 15.2 Å². The van der Waals surface area contributed by atoms with E-state index in [2.05, 4.69) is 11.2 Å². The molecule has 7 heteroatoms. The molecule has 0 spiro atoms. The molecule has 1 aliphatic carbocycles. The monoisotopic (exact) mass is 409 g/mol. The van der Waals surface area contributed by atoms with Crippen molar-refractivity contribution in [2.75, 3.05) is 6.54 Å². The molecule has 0 fully saturated rings. The number of carbonyl (C=O) groups is 1. The van der Waals surface area contributed by atoms with Gasteiger partial charge in [-0.15, -0.1) is 17.8 Å². The number of rotatable bonds is 5. The van der Waals surface area contributed by atoms with E-state index in [9.17, 15) is 9.18 Å². The molecule has 2 aromatic heterocycles. The highest BCUT2D eigenvalue weighted by Crippen LogP contribution is 2.38. The first kappa shape index (κ1) is 19.2. The Balaban J connectivity index is 1.52. The zero-order chi connectivity index (χ0) is 20.2. The predicted molar refractivity (Wildman–Crippen MR) is 110 cm³/mol. The minimum atomic E-state index is -0.273. The number of nitrogens with zero attached hydrogens (tertiary/aromatic N) is 2. The first-order chi connectivity index (χ1) is 14.1. The van der Waals surface area contributed by atoms with Crippen LogP contribution in [0.4, 0.5) is 9.18 Å². The van der Waals surface area contributed by atoms with Gasteiger partial charge in [-0.3, -0.25) is 0 Å². The van der Waals surface area contributed by atoms with Crippen LogP contribution in [-0.4, -0.2) is 22.5 Å². The summed E-state index contributed by atoms with van der Waals surface area (Å²) in [5.74, 6) is 2.93. The Bertz CT molecular complexity index is 1020. The number of fused-ring (bicyclic) bond motifs is 1. The Kier molecular flexibility index (Phi) is 5.63. The van der Waals surface area contributed by atoms with Crippen molar-refractivity contribution in [2.24, 2.45) is 0 Å². The number of nitrogens with one attached hydrogen (secondary N) is 1. The molecule has 1 aliphatic rings. The quantitative estimate of drug-likeness (QED) is 0.618. The largest absolute Gasteiger partial charge is 0.467 e. The van der Waals surface area contributed by atoms with E-state index in [1.807, 2.05) is 6.07 Å². The van der Waals surface area contributed by atoms with Gasteiger partial charge >= 0.3 is 6.03 Å². The number of amides is 2. The smallest absolute Gasteiger partial charge is 0.319 e. The van der Waals surface area contributed by atoms with Crippen molar-refractivity contribution in [2.45, 2.75) is 31.8 Å². The van der Waals surface area contributed by atoms with Gasteiger partial charge in [0.25, 0.3) is 0 Å². The Hall–Kier alpha value is -3.11. The Labute approximate surface area is 172 Å². The lowest BCUT2D eigenvalue weighted by atomic mass is 9.98. The average Bonchev–Trinajstić information content (AvgIpc) is 3.38. The third-order valence-corrected chi connectivity index (χ3v) is 6.10. The molecule has 29 heavy (non-hydrogen) atoms. The number of aryl methyl sites for hydroxylation is 1. The summed E-state index contributed by atoms with van der Waals surface area (Å²) in [5, 5.41) is 3.95. The van der Waals surface area contributed by atoms with E-state index in [1.54, 1.807) is 40.7 Å². The molecule has 1 N–H and O–H groups in total. The van der Waals surface area contributed by atoms with Gasteiger partial charge in [0.1, 0.15) is 16.6 Å². The van der Waals surface area contributed by atoms with E-state index in [4.69, 9.17) is 15.8 Å². The van der Waals surface area contributed by atoms with Gasteiger partial charge in [-0.05, 0) is 55.7 Å². The number of hydrogen-bond donors (Lipinski definition) is 1. The van der Waals surface area contributed by atoms with Crippen LogP contribution in [0.1, 0.15) is 35.2 Å². The van der Waals surface area contributed by atoms with Crippen molar-refractivity contribution >= 4 is 17.4 Å². The standard InChI is InChI=1S/C22H20FN3O2S/c1-2-12-26(14-17-5-4-13-28-17)22(27)25-19-7-3-6-18-20(19)29-21(24-18)15-8-10-16(23)11-9-15/h1,4-5,8-11,13,19H,3,6-7,12,14H2,(H,25,27). The minimum absolute atomic E-state index is 0.116. The molecule has 2 amide bonds. The van der Waals surface area contributed by atoms with Gasteiger partial charge in [-0.25, -0.2) is 14.2 Å².